The summed E-state index contributed by atoms with van der Waals surface area (Å²) in [7, 11) is 1.78. The molecule has 0 saturated heterocycles. The summed E-state index contributed by atoms with van der Waals surface area (Å²) in [6, 6.07) is 0. The van der Waals surface area contributed by atoms with Gasteiger partial charge >= 0.3 is 0 Å². The van der Waals surface area contributed by atoms with E-state index in [0.29, 0.717) is 6.10 Å². The summed E-state index contributed by atoms with van der Waals surface area (Å²) in [5.74, 6) is 0.547. The molecular formula is C15H30N2O2. The van der Waals surface area contributed by atoms with Gasteiger partial charge in [-0.2, -0.15) is 0 Å². The Balaban J connectivity index is 2.21. The number of amides is 1. The van der Waals surface area contributed by atoms with Crippen molar-refractivity contribution in [3.8, 4) is 0 Å². The largest absolute Gasteiger partial charge is 0.378 e. The van der Waals surface area contributed by atoms with E-state index in [-0.39, 0.29) is 5.91 Å². The third kappa shape index (κ3) is 5.11. The van der Waals surface area contributed by atoms with Gasteiger partial charge in [-0.1, -0.05) is 26.2 Å². The highest BCUT2D eigenvalue weighted by molar-refractivity contribution is 5.84. The van der Waals surface area contributed by atoms with Crippen molar-refractivity contribution in [1.29, 1.82) is 0 Å². The molecule has 0 aromatic heterocycles. The van der Waals surface area contributed by atoms with Crippen molar-refractivity contribution < 1.29 is 9.53 Å². The zero-order valence-electron chi connectivity index (χ0n) is 12.7. The third-order valence-electron chi connectivity index (χ3n) is 4.58. The quantitative estimate of drug-likeness (QED) is 0.665. The summed E-state index contributed by atoms with van der Waals surface area (Å²) in [5.41, 5.74) is 4.79. The number of carbonyl (C=O) groups excluding carboxylic acids is 1. The van der Waals surface area contributed by atoms with Crippen LogP contribution in [0.25, 0.3) is 0 Å². The highest BCUT2D eigenvalue weighted by Crippen LogP contribution is 2.28. The van der Waals surface area contributed by atoms with Crippen molar-refractivity contribution in [1.82, 2.24) is 5.32 Å². The molecule has 112 valence electrons. The Morgan fingerprint density at radius 2 is 2.21 bits per heavy atom. The van der Waals surface area contributed by atoms with Crippen LogP contribution in [0, 0.1) is 5.92 Å². The molecule has 1 aliphatic carbocycles. The molecule has 4 heteroatoms. The standard InChI is InChI=1S/C15H30N2O2/c1-4-12-7-5-8-13(11-12)19-10-6-9-15(2,17-3)14(16)18/h12-13,17H,4-11H2,1-3H3,(H2,16,18). The van der Waals surface area contributed by atoms with Crippen molar-refractivity contribution in [2.75, 3.05) is 13.7 Å². The van der Waals surface area contributed by atoms with E-state index in [9.17, 15) is 4.79 Å². The number of rotatable bonds is 8. The van der Waals surface area contributed by atoms with Gasteiger partial charge in [0.25, 0.3) is 0 Å². The number of likely N-dealkylation sites (N-methyl/N-ethyl adjacent to an activating group) is 1. The van der Waals surface area contributed by atoms with Crippen molar-refractivity contribution in [2.45, 2.75) is 70.4 Å². The Bertz CT molecular complexity index is 283. The topological polar surface area (TPSA) is 64.3 Å². The summed E-state index contributed by atoms with van der Waals surface area (Å²) in [6.07, 6.45) is 8.32. The SMILES string of the molecule is CCC1CCCC(OCCCC(C)(NC)C(N)=O)C1. The highest BCUT2D eigenvalue weighted by atomic mass is 16.5. The molecule has 4 nitrogen and oxygen atoms in total. The van der Waals surface area contributed by atoms with Gasteiger partial charge in [-0.25, -0.2) is 0 Å². The van der Waals surface area contributed by atoms with E-state index in [2.05, 4.69) is 12.2 Å². The minimum Gasteiger partial charge on any atom is -0.378 e. The molecule has 1 saturated carbocycles. The van der Waals surface area contributed by atoms with Crippen LogP contribution in [-0.4, -0.2) is 31.2 Å². The van der Waals surface area contributed by atoms with Gasteiger partial charge in [0.1, 0.15) is 0 Å². The Kier molecular flexibility index (Phi) is 6.80. The van der Waals surface area contributed by atoms with Crippen LogP contribution in [0.5, 0.6) is 0 Å². The third-order valence-corrected chi connectivity index (χ3v) is 4.58. The molecule has 3 N–H and O–H groups in total. The zero-order valence-corrected chi connectivity index (χ0v) is 12.7. The maximum absolute atomic E-state index is 11.3. The number of ether oxygens (including phenoxy) is 1. The van der Waals surface area contributed by atoms with Crippen LogP contribution in [0.4, 0.5) is 0 Å². The lowest BCUT2D eigenvalue weighted by atomic mass is 9.85. The molecule has 3 unspecified atom stereocenters. The van der Waals surface area contributed by atoms with Crippen LogP contribution in [-0.2, 0) is 9.53 Å². The summed E-state index contributed by atoms with van der Waals surface area (Å²) in [4.78, 5) is 11.3. The first-order valence-corrected chi connectivity index (χ1v) is 7.62. The highest BCUT2D eigenvalue weighted by Gasteiger charge is 2.28. The summed E-state index contributed by atoms with van der Waals surface area (Å²) >= 11 is 0. The molecule has 1 amide bonds. The number of nitrogens with two attached hydrogens (primary N) is 1. The van der Waals surface area contributed by atoms with Gasteiger partial charge in [0.05, 0.1) is 11.6 Å². The van der Waals surface area contributed by atoms with Crippen molar-refractivity contribution in [2.24, 2.45) is 11.7 Å². The van der Waals surface area contributed by atoms with Crippen molar-refractivity contribution in [3.63, 3.8) is 0 Å². The van der Waals surface area contributed by atoms with Crippen LogP contribution in [0.3, 0.4) is 0 Å². The second kappa shape index (κ2) is 7.85. The van der Waals surface area contributed by atoms with E-state index in [1.807, 2.05) is 6.92 Å². The molecule has 19 heavy (non-hydrogen) atoms. The molecular weight excluding hydrogens is 240 g/mol. The monoisotopic (exact) mass is 270 g/mol. The molecule has 0 spiro atoms. The summed E-state index contributed by atoms with van der Waals surface area (Å²) in [6.45, 7) is 4.84. The number of carbonyl (C=O) groups is 1. The molecule has 0 aliphatic heterocycles. The lowest BCUT2D eigenvalue weighted by molar-refractivity contribution is -0.124. The summed E-state index contributed by atoms with van der Waals surface area (Å²) < 4.78 is 5.95. The van der Waals surface area contributed by atoms with Gasteiger partial charge in [-0.15, -0.1) is 0 Å². The average Bonchev–Trinajstić information content (AvgIpc) is 2.43. The van der Waals surface area contributed by atoms with Crippen molar-refractivity contribution >= 4 is 5.91 Å². The van der Waals surface area contributed by atoms with E-state index in [1.54, 1.807) is 7.05 Å². The molecule has 0 aromatic carbocycles. The van der Waals surface area contributed by atoms with Crippen molar-refractivity contribution in [3.05, 3.63) is 0 Å². The average molecular weight is 270 g/mol. The van der Waals surface area contributed by atoms with Gasteiger partial charge in [-0.3, -0.25) is 4.79 Å². The molecule has 0 radical (unpaired) electrons. The first-order valence-electron chi connectivity index (χ1n) is 7.62. The first kappa shape index (κ1) is 16.4. The lowest BCUT2D eigenvalue weighted by Crippen LogP contribution is -2.51. The van der Waals surface area contributed by atoms with E-state index in [4.69, 9.17) is 10.5 Å². The van der Waals surface area contributed by atoms with Crippen LogP contribution in [0.15, 0.2) is 0 Å². The molecule has 1 aliphatic rings. The Hall–Kier alpha value is -0.610. The van der Waals surface area contributed by atoms with E-state index in [0.717, 1.165) is 25.4 Å². The van der Waals surface area contributed by atoms with E-state index < -0.39 is 5.54 Å². The Labute approximate surface area is 117 Å². The fourth-order valence-electron chi connectivity index (χ4n) is 2.81. The van der Waals surface area contributed by atoms with Crippen LogP contribution < -0.4 is 11.1 Å². The normalized spacial score (nSPS) is 26.9. The Morgan fingerprint density at radius 1 is 1.47 bits per heavy atom. The molecule has 1 rings (SSSR count). The smallest absolute Gasteiger partial charge is 0.237 e. The molecule has 0 heterocycles. The van der Waals surface area contributed by atoms with Gasteiger partial charge in [0.15, 0.2) is 0 Å². The predicted molar refractivity (Wildman–Crippen MR) is 77.9 cm³/mol. The second-order valence-electron chi connectivity index (χ2n) is 5.98. The molecule has 1 fully saturated rings. The van der Waals surface area contributed by atoms with Crippen LogP contribution in [0.2, 0.25) is 0 Å². The fraction of sp³-hybridized carbons (Fsp3) is 0.933. The molecule has 0 aromatic rings. The van der Waals surface area contributed by atoms with Crippen LogP contribution >= 0.6 is 0 Å². The minimum absolute atomic E-state index is 0.293. The minimum atomic E-state index is -0.609. The number of primary amides is 1. The maximum Gasteiger partial charge on any atom is 0.237 e. The maximum atomic E-state index is 11.3. The van der Waals surface area contributed by atoms with Crippen LogP contribution in [0.1, 0.15) is 58.8 Å². The number of hydrogen-bond acceptors (Lipinski definition) is 3. The van der Waals surface area contributed by atoms with Gasteiger partial charge in [-0.05, 0) is 45.6 Å². The number of nitrogens with one attached hydrogen (secondary N) is 1. The molecule has 0 bridgehead atoms. The fourth-order valence-corrected chi connectivity index (χ4v) is 2.81. The molecule has 3 atom stereocenters. The zero-order chi connectivity index (χ0) is 14.3. The van der Waals surface area contributed by atoms with Gasteiger partial charge < -0.3 is 15.8 Å². The second-order valence-corrected chi connectivity index (χ2v) is 5.98. The Morgan fingerprint density at radius 3 is 2.79 bits per heavy atom. The lowest BCUT2D eigenvalue weighted by Gasteiger charge is -2.29. The van der Waals surface area contributed by atoms with Gasteiger partial charge in [0, 0.05) is 6.61 Å². The first-order chi connectivity index (χ1) is 9.01. The predicted octanol–water partition coefficient (Wildman–Crippen LogP) is 2.22. The van der Waals surface area contributed by atoms with Gasteiger partial charge in [0.2, 0.25) is 5.91 Å². The van der Waals surface area contributed by atoms with E-state index >= 15 is 0 Å². The summed E-state index contributed by atoms with van der Waals surface area (Å²) in [5, 5.41) is 3.00. The van der Waals surface area contributed by atoms with E-state index in [1.165, 1.54) is 32.1 Å². The number of hydrogen-bond donors (Lipinski definition) is 2.